The van der Waals surface area contributed by atoms with E-state index in [-0.39, 0.29) is 28.8 Å². The van der Waals surface area contributed by atoms with Crippen molar-refractivity contribution in [2.24, 2.45) is 0 Å². The van der Waals surface area contributed by atoms with E-state index in [2.05, 4.69) is 0 Å². The fourth-order valence-corrected chi connectivity index (χ4v) is 4.56. The Hall–Kier alpha value is -5.05. The Morgan fingerprint density at radius 2 is 1.67 bits per heavy atom. The molecule has 2 N–H and O–H groups in total. The molecule has 1 atom stereocenters. The zero-order valence-electron chi connectivity index (χ0n) is 21.4. The first-order chi connectivity index (χ1) is 18.7. The number of aromatic hydroxyl groups is 1. The molecule has 0 saturated carbocycles. The van der Waals surface area contributed by atoms with Gasteiger partial charge < -0.3 is 24.1 Å². The molecule has 0 spiro atoms. The minimum Gasteiger partial charge on any atom is -0.508 e. The fourth-order valence-electron chi connectivity index (χ4n) is 4.56. The predicted octanol–water partition coefficient (Wildman–Crippen LogP) is 5.50. The van der Waals surface area contributed by atoms with Crippen LogP contribution in [-0.2, 0) is 9.53 Å². The number of amides is 1. The number of carbonyl (C=O) groups is 3. The van der Waals surface area contributed by atoms with Gasteiger partial charge in [0, 0.05) is 11.1 Å². The molecule has 5 rings (SSSR count). The highest BCUT2D eigenvalue weighted by molar-refractivity contribution is 6.20. The Kier molecular flexibility index (Phi) is 6.57. The summed E-state index contributed by atoms with van der Waals surface area (Å²) in [6.07, 6.45) is -0.302. The van der Waals surface area contributed by atoms with Crippen molar-refractivity contribution in [1.29, 1.82) is 0 Å². The minimum atomic E-state index is -1.05. The van der Waals surface area contributed by atoms with Crippen molar-refractivity contribution < 1.29 is 38.5 Å². The van der Waals surface area contributed by atoms with Gasteiger partial charge in [0.25, 0.3) is 5.91 Å². The van der Waals surface area contributed by atoms with Gasteiger partial charge in [0.15, 0.2) is 22.9 Å². The van der Waals surface area contributed by atoms with Crippen molar-refractivity contribution in [1.82, 2.24) is 0 Å². The van der Waals surface area contributed by atoms with Gasteiger partial charge in [-0.15, -0.1) is 0 Å². The van der Waals surface area contributed by atoms with Crippen LogP contribution in [0.5, 0.6) is 11.5 Å². The summed E-state index contributed by atoms with van der Waals surface area (Å²) in [5, 5.41) is 21.5. The van der Waals surface area contributed by atoms with Crippen LogP contribution in [0.2, 0.25) is 0 Å². The van der Waals surface area contributed by atoms with E-state index in [0.717, 1.165) is 0 Å². The lowest BCUT2D eigenvalue weighted by Crippen LogP contribution is -2.31. The van der Waals surface area contributed by atoms with Crippen molar-refractivity contribution in [3.8, 4) is 11.5 Å². The Labute approximate surface area is 223 Å². The first-order valence-electron chi connectivity index (χ1n) is 12.2. The number of phenols is 1. The molecule has 0 saturated heterocycles. The molecule has 9 nitrogen and oxygen atoms in total. The number of carbonyl (C=O) groups excluding carboxylic acids is 3. The molecule has 1 amide bonds. The van der Waals surface area contributed by atoms with Crippen LogP contribution in [0, 0.1) is 0 Å². The molecule has 9 heteroatoms. The van der Waals surface area contributed by atoms with Crippen LogP contribution in [0.25, 0.3) is 11.0 Å². The summed E-state index contributed by atoms with van der Waals surface area (Å²) in [6.45, 7) is 3.48. The van der Waals surface area contributed by atoms with Crippen LogP contribution in [0.1, 0.15) is 46.4 Å². The van der Waals surface area contributed by atoms with Gasteiger partial charge in [-0.25, -0.2) is 4.79 Å². The maximum atomic E-state index is 13.8. The smallest absolute Gasteiger partial charge is 0.338 e. The fraction of sp³-hybridized carbons (Fsp3) is 0.167. The zero-order valence-corrected chi connectivity index (χ0v) is 21.4. The van der Waals surface area contributed by atoms with Crippen molar-refractivity contribution in [3.05, 3.63) is 101 Å². The second kappa shape index (κ2) is 10.0. The maximum absolute atomic E-state index is 13.8. The summed E-state index contributed by atoms with van der Waals surface area (Å²) in [7, 11) is 1.48. The molecule has 2 heterocycles. The Morgan fingerprint density at radius 1 is 0.974 bits per heavy atom. The van der Waals surface area contributed by atoms with E-state index in [1.807, 2.05) is 0 Å². The third-order valence-electron chi connectivity index (χ3n) is 6.34. The number of aliphatic hydroxyl groups is 1. The first kappa shape index (κ1) is 25.6. The number of ketones is 1. The molecular weight excluding hydrogens is 502 g/mol. The van der Waals surface area contributed by atoms with Crippen LogP contribution in [0.15, 0.2) is 88.5 Å². The van der Waals surface area contributed by atoms with E-state index >= 15 is 0 Å². The summed E-state index contributed by atoms with van der Waals surface area (Å²) < 4.78 is 16.4. The average Bonchev–Trinajstić information content (AvgIpc) is 3.47. The summed E-state index contributed by atoms with van der Waals surface area (Å²) in [6, 6.07) is 17.7. The van der Waals surface area contributed by atoms with Gasteiger partial charge in [-0.1, -0.05) is 24.3 Å². The lowest BCUT2D eigenvalue weighted by Gasteiger charge is -2.27. The Morgan fingerprint density at radius 3 is 2.31 bits per heavy atom. The predicted molar refractivity (Wildman–Crippen MR) is 142 cm³/mol. The van der Waals surface area contributed by atoms with Gasteiger partial charge in [0.1, 0.15) is 5.75 Å². The second-order valence-electron chi connectivity index (χ2n) is 9.25. The number of ether oxygens (including phenoxy) is 2. The molecule has 1 aliphatic heterocycles. The number of aliphatic hydroxyl groups excluding tert-OH is 1. The number of para-hydroxylation sites is 1. The van der Waals surface area contributed by atoms with E-state index < -0.39 is 29.5 Å². The number of phenolic OH excluding ortho intramolecular Hbond substituents is 1. The number of rotatable bonds is 7. The van der Waals surface area contributed by atoms with E-state index in [0.29, 0.717) is 28.0 Å². The number of nitrogens with zero attached hydrogens (tertiary/aromatic N) is 1. The van der Waals surface area contributed by atoms with Crippen LogP contribution >= 0.6 is 0 Å². The highest BCUT2D eigenvalue weighted by Crippen LogP contribution is 2.43. The van der Waals surface area contributed by atoms with Gasteiger partial charge >= 0.3 is 5.97 Å². The second-order valence-corrected chi connectivity index (χ2v) is 9.25. The molecular formula is C30H25NO8. The lowest BCUT2D eigenvalue weighted by atomic mass is 9.94. The normalized spacial score (nSPS) is 15.3. The third kappa shape index (κ3) is 4.59. The van der Waals surface area contributed by atoms with Crippen LogP contribution in [-0.4, -0.2) is 41.1 Å². The Bertz CT molecular complexity index is 1610. The van der Waals surface area contributed by atoms with Crippen molar-refractivity contribution >= 4 is 34.3 Å². The average molecular weight is 528 g/mol. The molecule has 0 fully saturated rings. The molecule has 198 valence electrons. The van der Waals surface area contributed by atoms with E-state index in [1.165, 1.54) is 54.5 Å². The van der Waals surface area contributed by atoms with Gasteiger partial charge in [0.2, 0.25) is 5.78 Å². The van der Waals surface area contributed by atoms with E-state index in [1.54, 1.807) is 44.2 Å². The van der Waals surface area contributed by atoms with Crippen LogP contribution in [0.4, 0.5) is 5.69 Å². The van der Waals surface area contributed by atoms with Gasteiger partial charge in [-0.3, -0.25) is 14.5 Å². The highest BCUT2D eigenvalue weighted by atomic mass is 16.5. The molecule has 0 radical (unpaired) electrons. The van der Waals surface area contributed by atoms with Gasteiger partial charge in [-0.2, -0.15) is 0 Å². The molecule has 1 unspecified atom stereocenters. The Balaban J connectivity index is 1.58. The molecule has 4 aromatic rings. The van der Waals surface area contributed by atoms with Gasteiger partial charge in [0.05, 0.1) is 30.4 Å². The standard InChI is InChI=1S/C30H25NO8/c1-16(2)38-30(36)18-7-11-20(12-8-18)31-25(17-9-13-21(32)14-10-17)24(27(34)29(31)35)26(33)23-15-19-5-4-6-22(37-3)28(19)39-23/h4-16,25,32,34H,1-3H3. The van der Waals surface area contributed by atoms with Crippen LogP contribution in [0.3, 0.4) is 0 Å². The van der Waals surface area contributed by atoms with E-state index in [9.17, 15) is 24.6 Å². The number of hydrogen-bond donors (Lipinski definition) is 2. The number of methoxy groups -OCH3 is 1. The zero-order chi connectivity index (χ0) is 27.8. The molecule has 0 aliphatic carbocycles. The molecule has 1 aliphatic rings. The summed E-state index contributed by atoms with van der Waals surface area (Å²) in [5.41, 5.74) is 1.25. The number of Topliss-reactive ketones (excluding diaryl/α,β-unsaturated/α-hetero) is 1. The quantitative estimate of drug-likeness (QED) is 0.238. The topological polar surface area (TPSA) is 127 Å². The molecule has 1 aromatic heterocycles. The molecule has 3 aromatic carbocycles. The van der Waals surface area contributed by atoms with Crippen molar-refractivity contribution in [2.75, 3.05) is 12.0 Å². The summed E-state index contributed by atoms with van der Waals surface area (Å²) in [5.74, 6) is -2.39. The number of fused-ring (bicyclic) bond motifs is 1. The molecule has 39 heavy (non-hydrogen) atoms. The number of hydrogen-bond acceptors (Lipinski definition) is 8. The minimum absolute atomic E-state index is 0.00639. The van der Waals surface area contributed by atoms with Crippen molar-refractivity contribution in [3.63, 3.8) is 0 Å². The number of furan rings is 1. The monoisotopic (exact) mass is 527 g/mol. The number of esters is 1. The lowest BCUT2D eigenvalue weighted by molar-refractivity contribution is -0.117. The largest absolute Gasteiger partial charge is 0.508 e. The van der Waals surface area contributed by atoms with Crippen molar-refractivity contribution in [2.45, 2.75) is 26.0 Å². The van der Waals surface area contributed by atoms with Gasteiger partial charge in [-0.05, 0) is 67.9 Å². The SMILES string of the molecule is COc1cccc2cc(C(=O)C3=C(O)C(=O)N(c4ccc(C(=O)OC(C)C)cc4)C3c3ccc(O)cc3)oc12. The first-order valence-corrected chi connectivity index (χ1v) is 12.2. The summed E-state index contributed by atoms with van der Waals surface area (Å²) in [4.78, 5) is 40.8. The number of anilines is 1. The third-order valence-corrected chi connectivity index (χ3v) is 6.34. The van der Waals surface area contributed by atoms with E-state index in [4.69, 9.17) is 13.9 Å². The maximum Gasteiger partial charge on any atom is 0.338 e. The molecule has 0 bridgehead atoms. The highest BCUT2D eigenvalue weighted by Gasteiger charge is 2.45. The number of benzene rings is 3. The summed E-state index contributed by atoms with van der Waals surface area (Å²) >= 11 is 0. The van der Waals surface area contributed by atoms with Crippen LogP contribution < -0.4 is 9.64 Å².